The molecule has 0 aliphatic heterocycles. The summed E-state index contributed by atoms with van der Waals surface area (Å²) in [6, 6.07) is 9.27. The Hall–Kier alpha value is -1.02. The third-order valence-electron chi connectivity index (χ3n) is 3.08. The lowest BCUT2D eigenvalue weighted by molar-refractivity contribution is 0.426. The molecule has 0 saturated heterocycles. The summed E-state index contributed by atoms with van der Waals surface area (Å²) in [7, 11) is 4.13. The van der Waals surface area contributed by atoms with Gasteiger partial charge in [0.25, 0.3) is 0 Å². The van der Waals surface area contributed by atoms with E-state index in [0.717, 1.165) is 6.54 Å². The van der Waals surface area contributed by atoms with E-state index in [1.165, 1.54) is 11.3 Å². The number of benzene rings is 1. The van der Waals surface area contributed by atoms with E-state index in [4.69, 9.17) is 0 Å². The molecule has 0 amide bonds. The first kappa shape index (κ1) is 13.0. The van der Waals surface area contributed by atoms with Gasteiger partial charge >= 0.3 is 0 Å². The first-order valence-electron chi connectivity index (χ1n) is 6.00. The molecule has 1 rings (SSSR count). The number of hydrogen-bond acceptors (Lipinski definition) is 2. The Bertz CT molecular complexity index is 301. The van der Waals surface area contributed by atoms with Gasteiger partial charge in [-0.3, -0.25) is 0 Å². The largest absolute Gasteiger partial charge is 0.378 e. The van der Waals surface area contributed by atoms with Crippen molar-refractivity contribution in [3.05, 3.63) is 29.8 Å². The van der Waals surface area contributed by atoms with E-state index in [0.29, 0.717) is 12.0 Å². The zero-order chi connectivity index (χ0) is 12.1. The fraction of sp³-hybridized carbons (Fsp3) is 0.571. The molecule has 1 N–H and O–H groups in total. The Balaban J connectivity index is 2.49. The van der Waals surface area contributed by atoms with Gasteiger partial charge in [0, 0.05) is 32.4 Å². The van der Waals surface area contributed by atoms with Crippen LogP contribution in [0.2, 0.25) is 0 Å². The van der Waals surface area contributed by atoms with Crippen LogP contribution >= 0.6 is 0 Å². The highest BCUT2D eigenvalue weighted by molar-refractivity contribution is 5.45. The molecule has 90 valence electrons. The van der Waals surface area contributed by atoms with Gasteiger partial charge in [-0.15, -0.1) is 0 Å². The van der Waals surface area contributed by atoms with Crippen LogP contribution in [0, 0.1) is 5.92 Å². The number of rotatable bonds is 5. The van der Waals surface area contributed by atoms with Gasteiger partial charge in [-0.05, 0) is 30.5 Å². The summed E-state index contributed by atoms with van der Waals surface area (Å²) in [6.07, 6.45) is 0. The second-order valence-corrected chi connectivity index (χ2v) is 4.97. The van der Waals surface area contributed by atoms with Crippen LogP contribution < -0.4 is 10.2 Å². The minimum Gasteiger partial charge on any atom is -0.378 e. The van der Waals surface area contributed by atoms with Gasteiger partial charge in [-0.2, -0.15) is 0 Å². The molecule has 0 aliphatic carbocycles. The fourth-order valence-electron chi connectivity index (χ4n) is 1.43. The van der Waals surface area contributed by atoms with Crippen LogP contribution in [0.1, 0.15) is 26.3 Å². The standard InChI is InChI=1S/C14H24N2/c1-11(2)12(3)15-10-13-6-8-14(9-7-13)16(4)5/h6-9,11-12,15H,10H2,1-5H3. The first-order chi connectivity index (χ1) is 7.50. The van der Waals surface area contributed by atoms with Gasteiger partial charge in [0.15, 0.2) is 0 Å². The highest BCUT2D eigenvalue weighted by atomic mass is 15.1. The lowest BCUT2D eigenvalue weighted by Crippen LogP contribution is -2.30. The lowest BCUT2D eigenvalue weighted by Gasteiger charge is -2.18. The van der Waals surface area contributed by atoms with Gasteiger partial charge in [0.1, 0.15) is 0 Å². The topological polar surface area (TPSA) is 15.3 Å². The Labute approximate surface area is 99.7 Å². The summed E-state index contributed by atoms with van der Waals surface area (Å²) in [4.78, 5) is 2.12. The molecule has 0 heterocycles. The number of anilines is 1. The van der Waals surface area contributed by atoms with Crippen molar-refractivity contribution in [2.45, 2.75) is 33.4 Å². The van der Waals surface area contributed by atoms with Crippen molar-refractivity contribution < 1.29 is 0 Å². The monoisotopic (exact) mass is 220 g/mol. The molecule has 0 aliphatic rings. The number of nitrogens with one attached hydrogen (secondary N) is 1. The Morgan fingerprint density at radius 3 is 2.06 bits per heavy atom. The molecule has 0 fully saturated rings. The molecule has 0 aromatic heterocycles. The van der Waals surface area contributed by atoms with Gasteiger partial charge in [0.2, 0.25) is 0 Å². The van der Waals surface area contributed by atoms with Crippen LogP contribution in [0.5, 0.6) is 0 Å². The lowest BCUT2D eigenvalue weighted by atomic mass is 10.1. The molecular formula is C14H24N2. The van der Waals surface area contributed by atoms with Crippen molar-refractivity contribution in [3.63, 3.8) is 0 Å². The summed E-state index contributed by atoms with van der Waals surface area (Å²) < 4.78 is 0. The van der Waals surface area contributed by atoms with E-state index < -0.39 is 0 Å². The van der Waals surface area contributed by atoms with E-state index >= 15 is 0 Å². The van der Waals surface area contributed by atoms with Crippen molar-refractivity contribution >= 4 is 5.69 Å². The number of nitrogens with zero attached hydrogens (tertiary/aromatic N) is 1. The highest BCUT2D eigenvalue weighted by Gasteiger charge is 2.05. The molecule has 0 saturated carbocycles. The van der Waals surface area contributed by atoms with Gasteiger partial charge in [-0.25, -0.2) is 0 Å². The summed E-state index contributed by atoms with van der Waals surface area (Å²) >= 11 is 0. The second kappa shape index (κ2) is 5.90. The predicted molar refractivity (Wildman–Crippen MR) is 71.9 cm³/mol. The van der Waals surface area contributed by atoms with E-state index in [1.807, 2.05) is 0 Å². The summed E-state index contributed by atoms with van der Waals surface area (Å²) in [5.41, 5.74) is 2.60. The van der Waals surface area contributed by atoms with E-state index in [9.17, 15) is 0 Å². The van der Waals surface area contributed by atoms with Crippen LogP contribution in [0.15, 0.2) is 24.3 Å². The zero-order valence-electron chi connectivity index (χ0n) is 11.1. The molecule has 1 aromatic carbocycles. The average Bonchev–Trinajstić information content (AvgIpc) is 2.26. The molecule has 1 atom stereocenters. The summed E-state index contributed by atoms with van der Waals surface area (Å²) in [5.74, 6) is 0.682. The van der Waals surface area contributed by atoms with E-state index in [1.54, 1.807) is 0 Å². The summed E-state index contributed by atoms with van der Waals surface area (Å²) in [5, 5.41) is 3.53. The molecule has 0 bridgehead atoms. The van der Waals surface area contributed by atoms with Crippen LogP contribution in [0.3, 0.4) is 0 Å². The molecule has 0 spiro atoms. The Morgan fingerprint density at radius 2 is 1.62 bits per heavy atom. The number of hydrogen-bond donors (Lipinski definition) is 1. The average molecular weight is 220 g/mol. The minimum atomic E-state index is 0.563. The van der Waals surface area contributed by atoms with Crippen molar-refractivity contribution in [1.82, 2.24) is 5.32 Å². The quantitative estimate of drug-likeness (QED) is 0.821. The maximum atomic E-state index is 3.53. The molecular weight excluding hydrogens is 196 g/mol. The smallest absolute Gasteiger partial charge is 0.0361 e. The summed E-state index contributed by atoms with van der Waals surface area (Å²) in [6.45, 7) is 7.67. The fourth-order valence-corrected chi connectivity index (χ4v) is 1.43. The third kappa shape index (κ3) is 3.86. The Morgan fingerprint density at radius 1 is 1.06 bits per heavy atom. The molecule has 16 heavy (non-hydrogen) atoms. The maximum Gasteiger partial charge on any atom is 0.0361 e. The highest BCUT2D eigenvalue weighted by Crippen LogP contribution is 2.12. The molecule has 2 heteroatoms. The third-order valence-corrected chi connectivity index (χ3v) is 3.08. The van der Waals surface area contributed by atoms with Crippen LogP contribution in [0.4, 0.5) is 5.69 Å². The SMILES string of the molecule is CC(C)C(C)NCc1ccc(N(C)C)cc1. The van der Waals surface area contributed by atoms with E-state index in [2.05, 4.69) is 69.3 Å². The van der Waals surface area contributed by atoms with E-state index in [-0.39, 0.29) is 0 Å². The van der Waals surface area contributed by atoms with Crippen LogP contribution in [0.25, 0.3) is 0 Å². The second-order valence-electron chi connectivity index (χ2n) is 4.97. The molecule has 1 unspecified atom stereocenters. The van der Waals surface area contributed by atoms with Crippen molar-refractivity contribution in [2.75, 3.05) is 19.0 Å². The van der Waals surface area contributed by atoms with Gasteiger partial charge < -0.3 is 10.2 Å². The van der Waals surface area contributed by atoms with Gasteiger partial charge in [-0.1, -0.05) is 26.0 Å². The minimum absolute atomic E-state index is 0.563. The Kier molecular flexibility index (Phi) is 4.81. The van der Waals surface area contributed by atoms with Crippen molar-refractivity contribution in [3.8, 4) is 0 Å². The van der Waals surface area contributed by atoms with Crippen molar-refractivity contribution in [2.24, 2.45) is 5.92 Å². The van der Waals surface area contributed by atoms with Crippen LogP contribution in [-0.2, 0) is 6.54 Å². The maximum absolute atomic E-state index is 3.53. The zero-order valence-corrected chi connectivity index (χ0v) is 11.1. The predicted octanol–water partition coefficient (Wildman–Crippen LogP) is 2.89. The molecule has 2 nitrogen and oxygen atoms in total. The molecule has 0 radical (unpaired) electrons. The van der Waals surface area contributed by atoms with Crippen molar-refractivity contribution in [1.29, 1.82) is 0 Å². The van der Waals surface area contributed by atoms with Gasteiger partial charge in [0.05, 0.1) is 0 Å². The molecule has 1 aromatic rings. The van der Waals surface area contributed by atoms with Crippen LogP contribution in [-0.4, -0.2) is 20.1 Å². The normalized spacial score (nSPS) is 12.9. The first-order valence-corrected chi connectivity index (χ1v) is 6.00.